The Morgan fingerprint density at radius 2 is 1.90 bits per heavy atom. The Balaban J connectivity index is 2.23. The second kappa shape index (κ2) is 5.55. The third-order valence-corrected chi connectivity index (χ3v) is 4.38. The molecule has 1 atom stereocenters. The fourth-order valence-electron chi connectivity index (χ4n) is 2.17. The predicted molar refractivity (Wildman–Crippen MR) is 81.1 cm³/mol. The Bertz CT molecular complexity index is 597. The summed E-state index contributed by atoms with van der Waals surface area (Å²) in [7, 11) is -1.18. The number of anilines is 2. The second-order valence-corrected chi connectivity index (χ2v) is 7.75. The summed E-state index contributed by atoms with van der Waals surface area (Å²) >= 11 is 0. The first-order valence-electron chi connectivity index (χ1n) is 6.80. The second-order valence-electron chi connectivity index (χ2n) is 5.57. The Hall–Kier alpha value is -1.37. The average Bonchev–Trinajstić information content (AvgIpc) is 3.13. The first kappa shape index (κ1) is 15.0. The van der Waals surface area contributed by atoms with Crippen LogP contribution < -0.4 is 10.6 Å². The van der Waals surface area contributed by atoms with Gasteiger partial charge >= 0.3 is 0 Å². The number of nitrogens with one attached hydrogen (secondary N) is 2. The number of aromatic nitrogens is 2. The number of hydrogen-bond donors (Lipinski definition) is 2. The minimum Gasteiger partial charge on any atom is -0.373 e. The summed E-state index contributed by atoms with van der Waals surface area (Å²) in [6.45, 7) is 3.77. The topological polar surface area (TPSA) is 84.0 Å². The summed E-state index contributed by atoms with van der Waals surface area (Å²) in [6.07, 6.45) is 3.50. The maximum absolute atomic E-state index is 11.3. The summed E-state index contributed by atoms with van der Waals surface area (Å²) in [5, 5.41) is 6.27. The van der Waals surface area contributed by atoms with Crippen LogP contribution in [0.4, 0.5) is 11.6 Å². The zero-order valence-electron chi connectivity index (χ0n) is 12.4. The van der Waals surface area contributed by atoms with Gasteiger partial charge in [0.05, 0.1) is 5.75 Å². The molecule has 1 unspecified atom stereocenters. The van der Waals surface area contributed by atoms with E-state index in [4.69, 9.17) is 0 Å². The van der Waals surface area contributed by atoms with Crippen LogP contribution in [0.3, 0.4) is 0 Å². The van der Waals surface area contributed by atoms with Crippen LogP contribution >= 0.6 is 0 Å². The molecule has 0 bridgehead atoms. The van der Waals surface area contributed by atoms with Crippen LogP contribution in [0.1, 0.15) is 37.1 Å². The van der Waals surface area contributed by atoms with Gasteiger partial charge in [0.25, 0.3) is 0 Å². The standard InChI is InChI=1S/C13H22N4O2S/c1-8(7-20(4,18)19)15-12-9(2)11(14-3)16-13(17-12)10-5-6-10/h8,10H,5-7H2,1-4H3,(H2,14,15,16,17). The molecule has 1 aliphatic carbocycles. The molecule has 1 heterocycles. The van der Waals surface area contributed by atoms with Crippen LogP contribution in [0.15, 0.2) is 0 Å². The van der Waals surface area contributed by atoms with Gasteiger partial charge < -0.3 is 10.6 Å². The maximum atomic E-state index is 11.3. The van der Waals surface area contributed by atoms with Crippen molar-refractivity contribution in [1.82, 2.24) is 9.97 Å². The van der Waals surface area contributed by atoms with Crippen molar-refractivity contribution in [2.45, 2.75) is 38.6 Å². The highest BCUT2D eigenvalue weighted by molar-refractivity contribution is 7.90. The molecule has 2 rings (SSSR count). The molecule has 0 radical (unpaired) electrons. The van der Waals surface area contributed by atoms with Crippen molar-refractivity contribution < 1.29 is 8.42 Å². The Kier molecular flexibility index (Phi) is 4.17. The van der Waals surface area contributed by atoms with Crippen molar-refractivity contribution in [3.8, 4) is 0 Å². The third-order valence-electron chi connectivity index (χ3n) is 3.28. The van der Waals surface area contributed by atoms with E-state index in [2.05, 4.69) is 20.6 Å². The third kappa shape index (κ3) is 3.82. The van der Waals surface area contributed by atoms with E-state index in [0.717, 1.165) is 35.9 Å². The molecule has 1 aromatic rings. The summed E-state index contributed by atoms with van der Waals surface area (Å²) in [5.74, 6) is 2.91. The predicted octanol–water partition coefficient (Wildman–Crippen LogP) is 1.55. The van der Waals surface area contributed by atoms with Gasteiger partial charge in [0.2, 0.25) is 0 Å². The lowest BCUT2D eigenvalue weighted by Crippen LogP contribution is -2.26. The van der Waals surface area contributed by atoms with E-state index in [-0.39, 0.29) is 11.8 Å². The van der Waals surface area contributed by atoms with Gasteiger partial charge in [0.15, 0.2) is 0 Å². The van der Waals surface area contributed by atoms with Crippen molar-refractivity contribution in [2.75, 3.05) is 29.7 Å². The molecule has 0 aromatic carbocycles. The summed E-state index contributed by atoms with van der Waals surface area (Å²) in [6, 6.07) is -0.185. The minimum absolute atomic E-state index is 0.0874. The number of nitrogens with zero attached hydrogens (tertiary/aromatic N) is 2. The molecule has 1 aliphatic rings. The minimum atomic E-state index is -3.01. The molecule has 0 saturated heterocycles. The van der Waals surface area contributed by atoms with Gasteiger partial charge in [0.1, 0.15) is 27.3 Å². The summed E-state index contributed by atoms with van der Waals surface area (Å²) in [4.78, 5) is 9.07. The van der Waals surface area contributed by atoms with Crippen LogP contribution in [0, 0.1) is 6.92 Å². The van der Waals surface area contributed by atoms with E-state index in [9.17, 15) is 8.42 Å². The molecule has 0 amide bonds. The van der Waals surface area contributed by atoms with E-state index < -0.39 is 9.84 Å². The van der Waals surface area contributed by atoms with Gasteiger partial charge in [-0.25, -0.2) is 18.4 Å². The SMILES string of the molecule is CNc1nc(C2CC2)nc(NC(C)CS(C)(=O)=O)c1C. The van der Waals surface area contributed by atoms with Crippen LogP contribution in [0.5, 0.6) is 0 Å². The van der Waals surface area contributed by atoms with Gasteiger partial charge in [-0.05, 0) is 26.7 Å². The number of hydrogen-bond acceptors (Lipinski definition) is 6. The van der Waals surface area contributed by atoms with Crippen molar-refractivity contribution in [3.63, 3.8) is 0 Å². The summed E-state index contributed by atoms with van der Waals surface area (Å²) in [5.41, 5.74) is 0.914. The van der Waals surface area contributed by atoms with Gasteiger partial charge in [-0.2, -0.15) is 0 Å². The Morgan fingerprint density at radius 1 is 1.30 bits per heavy atom. The highest BCUT2D eigenvalue weighted by Crippen LogP contribution is 2.39. The molecular weight excluding hydrogens is 276 g/mol. The van der Waals surface area contributed by atoms with Crippen molar-refractivity contribution in [2.24, 2.45) is 0 Å². The van der Waals surface area contributed by atoms with Gasteiger partial charge in [-0.15, -0.1) is 0 Å². The molecule has 2 N–H and O–H groups in total. The normalized spacial score (nSPS) is 16.8. The first-order valence-corrected chi connectivity index (χ1v) is 8.86. The molecule has 0 aliphatic heterocycles. The largest absolute Gasteiger partial charge is 0.373 e. The van der Waals surface area contributed by atoms with Crippen LogP contribution in [-0.2, 0) is 9.84 Å². The van der Waals surface area contributed by atoms with Crippen molar-refractivity contribution >= 4 is 21.5 Å². The van der Waals surface area contributed by atoms with E-state index in [1.54, 1.807) is 0 Å². The van der Waals surface area contributed by atoms with E-state index in [1.807, 2.05) is 20.9 Å². The Labute approximate surface area is 120 Å². The molecule has 112 valence electrons. The molecule has 7 heteroatoms. The fraction of sp³-hybridized carbons (Fsp3) is 0.692. The fourth-order valence-corrected chi connectivity index (χ4v) is 3.16. The van der Waals surface area contributed by atoms with E-state index >= 15 is 0 Å². The monoisotopic (exact) mass is 298 g/mol. The van der Waals surface area contributed by atoms with Gasteiger partial charge in [-0.1, -0.05) is 0 Å². The maximum Gasteiger partial charge on any atom is 0.149 e. The van der Waals surface area contributed by atoms with E-state index in [1.165, 1.54) is 6.26 Å². The quantitative estimate of drug-likeness (QED) is 0.829. The van der Waals surface area contributed by atoms with Crippen molar-refractivity contribution in [1.29, 1.82) is 0 Å². The summed E-state index contributed by atoms with van der Waals surface area (Å²) < 4.78 is 22.7. The zero-order chi connectivity index (χ0) is 14.9. The van der Waals surface area contributed by atoms with E-state index in [0.29, 0.717) is 5.92 Å². The molecule has 0 spiro atoms. The lowest BCUT2D eigenvalue weighted by molar-refractivity contribution is 0.598. The van der Waals surface area contributed by atoms with Gasteiger partial charge in [-0.3, -0.25) is 0 Å². The molecule has 1 saturated carbocycles. The Morgan fingerprint density at radius 3 is 2.40 bits per heavy atom. The van der Waals surface area contributed by atoms with Crippen molar-refractivity contribution in [3.05, 3.63) is 11.4 Å². The van der Waals surface area contributed by atoms with Crippen LogP contribution in [-0.4, -0.2) is 43.5 Å². The lowest BCUT2D eigenvalue weighted by atomic mass is 10.2. The molecule has 6 nitrogen and oxygen atoms in total. The highest BCUT2D eigenvalue weighted by Gasteiger charge is 2.28. The average molecular weight is 298 g/mol. The molecule has 20 heavy (non-hydrogen) atoms. The zero-order valence-corrected chi connectivity index (χ0v) is 13.2. The lowest BCUT2D eigenvalue weighted by Gasteiger charge is -2.17. The smallest absolute Gasteiger partial charge is 0.149 e. The number of rotatable bonds is 6. The number of sulfone groups is 1. The molecular formula is C13H22N4O2S. The highest BCUT2D eigenvalue weighted by atomic mass is 32.2. The molecule has 1 fully saturated rings. The molecule has 1 aromatic heterocycles. The first-order chi connectivity index (χ1) is 9.30. The van der Waals surface area contributed by atoms with Crippen LogP contribution in [0.25, 0.3) is 0 Å². The van der Waals surface area contributed by atoms with Gasteiger partial charge in [0, 0.05) is 30.8 Å². The van der Waals surface area contributed by atoms with Crippen LogP contribution in [0.2, 0.25) is 0 Å².